The molecule has 1 nitrogen and oxygen atoms in total. The Balaban J connectivity index is 2.22. The van der Waals surface area contributed by atoms with Crippen molar-refractivity contribution in [2.75, 3.05) is 0 Å². The molecule has 2 heteroatoms. The number of para-hydroxylation sites is 1. The average molecular weight is 210 g/mol. The van der Waals surface area contributed by atoms with E-state index >= 15 is 0 Å². The van der Waals surface area contributed by atoms with Crippen molar-refractivity contribution in [3.05, 3.63) is 66.6 Å². The van der Waals surface area contributed by atoms with Crippen LogP contribution in [0.5, 0.6) is 0 Å². The molecule has 0 radical (unpaired) electrons. The minimum absolute atomic E-state index is 0.208. The molecule has 0 atom stereocenters. The maximum atomic E-state index is 12.8. The summed E-state index contributed by atoms with van der Waals surface area (Å²) in [4.78, 5) is 0. The van der Waals surface area contributed by atoms with Crippen molar-refractivity contribution < 1.29 is 4.39 Å². The highest BCUT2D eigenvalue weighted by Crippen LogP contribution is 2.20. The van der Waals surface area contributed by atoms with E-state index in [0.717, 1.165) is 11.2 Å². The van der Waals surface area contributed by atoms with Gasteiger partial charge in [-0.3, -0.25) is 0 Å². The molecule has 3 rings (SSSR count). The molecule has 0 fully saturated rings. The molecule has 1 aromatic heterocycles. The molecule has 0 saturated heterocycles. The van der Waals surface area contributed by atoms with Crippen molar-refractivity contribution in [1.82, 2.24) is 4.57 Å². The first kappa shape index (κ1) is 9.16. The number of aromatic nitrogens is 1. The van der Waals surface area contributed by atoms with E-state index in [1.54, 1.807) is 12.1 Å². The van der Waals surface area contributed by atoms with E-state index in [9.17, 15) is 4.39 Å². The predicted octanol–water partition coefficient (Wildman–Crippen LogP) is 3.77. The van der Waals surface area contributed by atoms with Gasteiger partial charge in [0.25, 0.3) is 0 Å². The third-order valence-corrected chi connectivity index (χ3v) is 2.70. The smallest absolute Gasteiger partial charge is 0.123 e. The summed E-state index contributed by atoms with van der Waals surface area (Å²) in [5, 5.41) is 1.19. The van der Waals surface area contributed by atoms with Crippen molar-refractivity contribution in [1.29, 1.82) is 0 Å². The van der Waals surface area contributed by atoms with Gasteiger partial charge < -0.3 is 4.57 Å². The normalized spacial score (nSPS) is 10.8. The summed E-state index contributed by atoms with van der Waals surface area (Å²) in [6, 6.07) is 16.7. The van der Waals surface area contributed by atoms with Crippen LogP contribution in [0.3, 0.4) is 0 Å². The highest BCUT2D eigenvalue weighted by Gasteiger charge is 2.01. The summed E-state index contributed by atoms with van der Waals surface area (Å²) in [6.07, 6.45) is 2.00. The van der Waals surface area contributed by atoms with E-state index in [0.29, 0.717) is 0 Å². The van der Waals surface area contributed by atoms with Crippen LogP contribution >= 0.6 is 0 Å². The van der Waals surface area contributed by atoms with Crippen LogP contribution in [0.2, 0.25) is 0 Å². The second-order valence-corrected chi connectivity index (χ2v) is 3.72. The van der Waals surface area contributed by atoms with Crippen molar-refractivity contribution in [3.8, 4) is 5.69 Å². The summed E-state index contributed by atoms with van der Waals surface area (Å²) in [5.41, 5.74) is 2.11. The second kappa shape index (κ2) is 3.49. The van der Waals surface area contributed by atoms with Crippen LogP contribution in [0.1, 0.15) is 0 Å². The molecule has 0 aliphatic heterocycles. The maximum absolute atomic E-state index is 12.8. The van der Waals surface area contributed by atoms with Crippen LogP contribution in [0.25, 0.3) is 16.6 Å². The first-order chi connectivity index (χ1) is 7.84. The Hall–Kier alpha value is -2.09. The van der Waals surface area contributed by atoms with Gasteiger partial charge in [0.2, 0.25) is 0 Å². The van der Waals surface area contributed by atoms with Gasteiger partial charge in [0.15, 0.2) is 0 Å². The van der Waals surface area contributed by atoms with Crippen LogP contribution < -0.4 is 0 Å². The molecule has 0 aliphatic rings. The lowest BCUT2D eigenvalue weighted by molar-refractivity contribution is 0.627. The van der Waals surface area contributed by atoms with Crippen molar-refractivity contribution in [3.63, 3.8) is 0 Å². The summed E-state index contributed by atoms with van der Waals surface area (Å²) in [6.45, 7) is 0. The van der Waals surface area contributed by atoms with Gasteiger partial charge in [-0.15, -0.1) is 0 Å². The van der Waals surface area contributed by atoms with Crippen LogP contribution in [-0.2, 0) is 0 Å². The maximum Gasteiger partial charge on any atom is 0.123 e. The molecule has 1 heterocycles. The monoisotopic (exact) mass is 210 g/mol. The predicted molar refractivity (Wildman–Crippen MR) is 63.2 cm³/mol. The zero-order valence-electron chi connectivity index (χ0n) is 8.60. The standard InChI is InChI=1S/C14H10FN/c15-12-5-7-13(8-6-12)16-10-9-11-3-1-2-4-14(11)16/h1-10H/i15-1. The zero-order chi connectivity index (χ0) is 11.0. The number of benzene rings is 2. The Morgan fingerprint density at radius 2 is 1.56 bits per heavy atom. The van der Waals surface area contributed by atoms with Gasteiger partial charge in [-0.05, 0) is 41.8 Å². The minimum atomic E-state index is -0.208. The van der Waals surface area contributed by atoms with E-state index in [1.807, 2.05) is 18.3 Å². The van der Waals surface area contributed by atoms with Gasteiger partial charge in [0, 0.05) is 11.9 Å². The SMILES string of the molecule is [18F]c1ccc(-n2ccc3ccccc32)cc1. The summed E-state index contributed by atoms with van der Waals surface area (Å²) in [7, 11) is 0. The van der Waals surface area contributed by atoms with E-state index in [-0.39, 0.29) is 5.82 Å². The largest absolute Gasteiger partial charge is 0.317 e. The average Bonchev–Trinajstić information content (AvgIpc) is 2.74. The van der Waals surface area contributed by atoms with Gasteiger partial charge in [0.05, 0.1) is 5.52 Å². The number of hydrogen-bond donors (Lipinski definition) is 0. The van der Waals surface area contributed by atoms with Gasteiger partial charge in [-0.2, -0.15) is 0 Å². The zero-order valence-corrected chi connectivity index (χ0v) is 8.60. The Kier molecular flexibility index (Phi) is 2.00. The fourth-order valence-corrected chi connectivity index (χ4v) is 1.91. The van der Waals surface area contributed by atoms with Gasteiger partial charge in [-0.1, -0.05) is 18.2 Å². The molecule has 2 aromatic carbocycles. The van der Waals surface area contributed by atoms with Crippen molar-refractivity contribution in [2.24, 2.45) is 0 Å². The molecule has 0 amide bonds. The Bertz CT molecular complexity index is 623. The molecular formula is C14H10FN. The van der Waals surface area contributed by atoms with Gasteiger partial charge >= 0.3 is 0 Å². The highest BCUT2D eigenvalue weighted by molar-refractivity contribution is 5.81. The lowest BCUT2D eigenvalue weighted by Crippen LogP contribution is -1.91. The molecule has 16 heavy (non-hydrogen) atoms. The number of rotatable bonds is 1. The third kappa shape index (κ3) is 1.39. The van der Waals surface area contributed by atoms with E-state index < -0.39 is 0 Å². The molecule has 0 bridgehead atoms. The summed E-state index contributed by atoms with van der Waals surface area (Å²) < 4.78 is 14.9. The topological polar surface area (TPSA) is 4.93 Å². The lowest BCUT2D eigenvalue weighted by Gasteiger charge is -2.04. The van der Waals surface area contributed by atoms with Gasteiger partial charge in [0.1, 0.15) is 5.82 Å². The number of hydrogen-bond acceptors (Lipinski definition) is 0. The van der Waals surface area contributed by atoms with Crippen molar-refractivity contribution >= 4 is 10.9 Å². The molecular weight excluding hydrogens is 200 g/mol. The molecule has 0 spiro atoms. The van der Waals surface area contributed by atoms with E-state index in [1.165, 1.54) is 17.5 Å². The first-order valence-electron chi connectivity index (χ1n) is 5.17. The second-order valence-electron chi connectivity index (χ2n) is 3.72. The number of fused-ring (bicyclic) bond motifs is 1. The molecule has 0 aliphatic carbocycles. The quantitative estimate of drug-likeness (QED) is 0.576. The van der Waals surface area contributed by atoms with Crippen LogP contribution in [0.4, 0.5) is 4.39 Å². The Morgan fingerprint density at radius 3 is 2.38 bits per heavy atom. The van der Waals surface area contributed by atoms with E-state index in [2.05, 4.69) is 22.8 Å². The minimum Gasteiger partial charge on any atom is -0.317 e. The van der Waals surface area contributed by atoms with Crippen LogP contribution in [0.15, 0.2) is 60.8 Å². The lowest BCUT2D eigenvalue weighted by atomic mass is 10.2. The van der Waals surface area contributed by atoms with Crippen LogP contribution in [-0.4, -0.2) is 4.57 Å². The fourth-order valence-electron chi connectivity index (χ4n) is 1.91. The molecule has 0 N–H and O–H groups in total. The Morgan fingerprint density at radius 1 is 0.812 bits per heavy atom. The molecule has 3 aromatic rings. The highest BCUT2D eigenvalue weighted by atomic mass is 18.2. The summed E-state index contributed by atoms with van der Waals surface area (Å²) in [5.74, 6) is -0.208. The fraction of sp³-hybridized carbons (Fsp3) is 0. The number of halogens is 1. The molecule has 78 valence electrons. The molecule has 0 unspecified atom stereocenters. The van der Waals surface area contributed by atoms with Crippen LogP contribution in [0, 0.1) is 5.82 Å². The summed E-state index contributed by atoms with van der Waals surface area (Å²) >= 11 is 0. The molecule has 0 saturated carbocycles. The van der Waals surface area contributed by atoms with Crippen molar-refractivity contribution in [2.45, 2.75) is 0 Å². The number of nitrogens with zero attached hydrogens (tertiary/aromatic N) is 1. The first-order valence-corrected chi connectivity index (χ1v) is 5.17. The van der Waals surface area contributed by atoms with E-state index in [4.69, 9.17) is 0 Å². The third-order valence-electron chi connectivity index (χ3n) is 2.70. The van der Waals surface area contributed by atoms with Gasteiger partial charge in [-0.25, -0.2) is 4.39 Å². The Labute approximate surface area is 92.8 Å².